The number of ether oxygens (including phenoxy) is 1. The monoisotopic (exact) mass is 445 g/mol. The van der Waals surface area contributed by atoms with Crippen molar-refractivity contribution in [2.45, 2.75) is 5.60 Å². The highest BCUT2D eigenvalue weighted by molar-refractivity contribution is 6.34. The lowest BCUT2D eigenvalue weighted by molar-refractivity contribution is -0.384. The molecule has 0 saturated heterocycles. The maximum Gasteiger partial charge on any atom is 0.278 e. The van der Waals surface area contributed by atoms with Gasteiger partial charge in [-0.15, -0.1) is 0 Å². The van der Waals surface area contributed by atoms with E-state index in [-0.39, 0.29) is 16.3 Å². The van der Waals surface area contributed by atoms with Gasteiger partial charge in [0.1, 0.15) is 11.4 Å². The van der Waals surface area contributed by atoms with Crippen LogP contribution in [0.1, 0.15) is 16.7 Å². The highest BCUT2D eigenvalue weighted by Crippen LogP contribution is 2.49. The summed E-state index contributed by atoms with van der Waals surface area (Å²) in [7, 11) is 1.48. The number of benzene rings is 4. The van der Waals surface area contributed by atoms with Crippen LogP contribution in [0.25, 0.3) is 11.1 Å². The third kappa shape index (κ3) is 3.62. The summed E-state index contributed by atoms with van der Waals surface area (Å²) in [5, 5.41) is 24.4. The summed E-state index contributed by atoms with van der Waals surface area (Å²) in [6.07, 6.45) is 0. The standard InChI is InChI=1S/C26H20ClNO4/c1-32-23-17-8-14-20(24(23)25-21(27)15-9-16-22(25)28(30)31)26(29,18-10-4-2-5-11-18)19-12-6-3-7-13-19/h2-17,29H,1H3. The van der Waals surface area contributed by atoms with Crippen molar-refractivity contribution in [3.8, 4) is 16.9 Å². The third-order valence-electron chi connectivity index (χ3n) is 5.46. The minimum absolute atomic E-state index is 0.174. The fraction of sp³-hybridized carbons (Fsp3) is 0.0769. The van der Waals surface area contributed by atoms with Gasteiger partial charge in [-0.25, -0.2) is 0 Å². The zero-order valence-corrected chi connectivity index (χ0v) is 18.0. The molecule has 6 heteroatoms. The minimum Gasteiger partial charge on any atom is -0.496 e. The van der Waals surface area contributed by atoms with Gasteiger partial charge in [-0.3, -0.25) is 10.1 Å². The summed E-state index contributed by atoms with van der Waals surface area (Å²) in [6, 6.07) is 28.0. The first-order valence-electron chi connectivity index (χ1n) is 9.92. The summed E-state index contributed by atoms with van der Waals surface area (Å²) < 4.78 is 5.60. The van der Waals surface area contributed by atoms with Crippen LogP contribution in [0.4, 0.5) is 5.69 Å². The number of hydrogen-bond acceptors (Lipinski definition) is 4. The molecule has 1 N–H and O–H groups in total. The molecule has 5 nitrogen and oxygen atoms in total. The number of aliphatic hydroxyl groups is 1. The van der Waals surface area contributed by atoms with Crippen LogP contribution < -0.4 is 4.74 Å². The Labute approximate surface area is 190 Å². The smallest absolute Gasteiger partial charge is 0.278 e. The van der Waals surface area contributed by atoms with Crippen molar-refractivity contribution < 1.29 is 14.8 Å². The zero-order chi connectivity index (χ0) is 22.7. The third-order valence-corrected chi connectivity index (χ3v) is 5.77. The first-order chi connectivity index (χ1) is 15.5. The molecule has 0 spiro atoms. The van der Waals surface area contributed by atoms with E-state index in [0.29, 0.717) is 28.0 Å². The fourth-order valence-electron chi connectivity index (χ4n) is 4.01. The molecule has 0 saturated carbocycles. The average Bonchev–Trinajstić information content (AvgIpc) is 2.84. The lowest BCUT2D eigenvalue weighted by Crippen LogP contribution is -2.29. The Morgan fingerprint density at radius 3 is 1.91 bits per heavy atom. The van der Waals surface area contributed by atoms with Crippen LogP contribution in [0.2, 0.25) is 5.02 Å². The lowest BCUT2D eigenvalue weighted by atomic mass is 9.77. The van der Waals surface area contributed by atoms with E-state index in [9.17, 15) is 15.2 Å². The number of nitro groups is 1. The first-order valence-corrected chi connectivity index (χ1v) is 10.3. The molecule has 0 fully saturated rings. The quantitative estimate of drug-likeness (QED) is 0.217. The number of nitro benzene ring substituents is 1. The second-order valence-electron chi connectivity index (χ2n) is 7.22. The van der Waals surface area contributed by atoms with Crippen LogP contribution in [-0.4, -0.2) is 17.1 Å². The topological polar surface area (TPSA) is 72.6 Å². The van der Waals surface area contributed by atoms with Crippen molar-refractivity contribution in [3.63, 3.8) is 0 Å². The normalized spacial score (nSPS) is 11.2. The molecule has 0 aromatic heterocycles. The van der Waals surface area contributed by atoms with Crippen LogP contribution in [0, 0.1) is 10.1 Å². The van der Waals surface area contributed by atoms with Crippen molar-refractivity contribution in [3.05, 3.63) is 129 Å². The van der Waals surface area contributed by atoms with Gasteiger partial charge in [-0.05, 0) is 23.3 Å². The van der Waals surface area contributed by atoms with Gasteiger partial charge in [0.2, 0.25) is 0 Å². The second-order valence-corrected chi connectivity index (χ2v) is 7.62. The van der Waals surface area contributed by atoms with E-state index in [2.05, 4.69) is 0 Å². The van der Waals surface area contributed by atoms with Crippen LogP contribution in [0.15, 0.2) is 97.1 Å². The predicted octanol–water partition coefficient (Wildman–Crippen LogP) is 6.21. The second kappa shape index (κ2) is 8.83. The molecule has 0 radical (unpaired) electrons. The van der Waals surface area contributed by atoms with Gasteiger partial charge in [-0.2, -0.15) is 0 Å². The van der Waals surface area contributed by atoms with Crippen molar-refractivity contribution in [1.82, 2.24) is 0 Å². The van der Waals surface area contributed by atoms with Gasteiger partial charge in [0.05, 0.1) is 22.6 Å². The Hall–Kier alpha value is -3.67. The lowest BCUT2D eigenvalue weighted by Gasteiger charge is -2.32. The average molecular weight is 446 g/mol. The SMILES string of the molecule is COc1cccc(C(O)(c2ccccc2)c2ccccc2)c1-c1c(Cl)cccc1[N+](=O)[O-]. The van der Waals surface area contributed by atoms with Gasteiger partial charge >= 0.3 is 0 Å². The Kier molecular flexibility index (Phi) is 5.95. The van der Waals surface area contributed by atoms with Crippen LogP contribution in [0.5, 0.6) is 5.75 Å². The molecule has 0 unspecified atom stereocenters. The molecular formula is C26H20ClNO4. The minimum atomic E-state index is -1.63. The van der Waals surface area contributed by atoms with E-state index in [4.69, 9.17) is 16.3 Å². The molecule has 4 aromatic rings. The maximum absolute atomic E-state index is 12.3. The van der Waals surface area contributed by atoms with Crippen molar-refractivity contribution >= 4 is 17.3 Å². The summed E-state index contributed by atoms with van der Waals surface area (Å²) in [5.41, 5.74) is 0.391. The van der Waals surface area contributed by atoms with Crippen LogP contribution in [0.3, 0.4) is 0 Å². The highest BCUT2D eigenvalue weighted by Gasteiger charge is 2.38. The van der Waals surface area contributed by atoms with E-state index in [1.807, 2.05) is 60.7 Å². The Morgan fingerprint density at radius 1 is 0.812 bits per heavy atom. The van der Waals surface area contributed by atoms with E-state index in [1.165, 1.54) is 19.2 Å². The number of methoxy groups -OCH3 is 1. The molecule has 0 amide bonds. The van der Waals surface area contributed by atoms with Crippen LogP contribution in [-0.2, 0) is 5.60 Å². The molecular weight excluding hydrogens is 426 g/mol. The molecule has 0 heterocycles. The van der Waals surface area contributed by atoms with Gasteiger partial charge in [0, 0.05) is 17.2 Å². The Bertz CT molecular complexity index is 1220. The fourth-order valence-corrected chi connectivity index (χ4v) is 4.27. The molecule has 0 aliphatic carbocycles. The molecule has 32 heavy (non-hydrogen) atoms. The summed E-state index contributed by atoms with van der Waals surface area (Å²) in [6.45, 7) is 0. The van der Waals surface area contributed by atoms with Crippen molar-refractivity contribution in [2.75, 3.05) is 7.11 Å². The molecule has 0 bridgehead atoms. The number of nitrogens with zero attached hydrogens (tertiary/aromatic N) is 1. The summed E-state index contributed by atoms with van der Waals surface area (Å²) in [5.74, 6) is 0.365. The van der Waals surface area contributed by atoms with Gasteiger partial charge < -0.3 is 9.84 Å². The highest BCUT2D eigenvalue weighted by atomic mass is 35.5. The Balaban J connectivity index is 2.15. The van der Waals surface area contributed by atoms with Crippen LogP contribution >= 0.6 is 11.6 Å². The molecule has 0 atom stereocenters. The van der Waals surface area contributed by atoms with E-state index < -0.39 is 10.5 Å². The molecule has 4 aromatic carbocycles. The number of halogens is 1. The molecule has 4 rings (SSSR count). The molecule has 0 aliphatic heterocycles. The van der Waals surface area contributed by atoms with E-state index in [0.717, 1.165) is 0 Å². The first kappa shape index (κ1) is 21.6. The van der Waals surface area contributed by atoms with Crippen molar-refractivity contribution in [2.24, 2.45) is 0 Å². The van der Waals surface area contributed by atoms with E-state index >= 15 is 0 Å². The Morgan fingerprint density at radius 2 is 1.38 bits per heavy atom. The van der Waals surface area contributed by atoms with E-state index in [1.54, 1.807) is 24.3 Å². The van der Waals surface area contributed by atoms with Crippen molar-refractivity contribution in [1.29, 1.82) is 0 Å². The summed E-state index contributed by atoms with van der Waals surface area (Å²) >= 11 is 6.51. The maximum atomic E-state index is 12.3. The largest absolute Gasteiger partial charge is 0.496 e. The summed E-state index contributed by atoms with van der Waals surface area (Å²) in [4.78, 5) is 11.4. The zero-order valence-electron chi connectivity index (χ0n) is 17.2. The molecule has 160 valence electrons. The predicted molar refractivity (Wildman–Crippen MR) is 125 cm³/mol. The van der Waals surface area contributed by atoms with Gasteiger partial charge in [0.25, 0.3) is 5.69 Å². The number of hydrogen-bond donors (Lipinski definition) is 1. The number of rotatable bonds is 6. The van der Waals surface area contributed by atoms with Gasteiger partial charge in [0.15, 0.2) is 0 Å². The molecule has 0 aliphatic rings. The van der Waals surface area contributed by atoms with Gasteiger partial charge in [-0.1, -0.05) is 90.5 Å².